The maximum atomic E-state index is 11.4. The average Bonchev–Trinajstić information content (AvgIpc) is 2.80. The third-order valence-corrected chi connectivity index (χ3v) is 5.91. The van der Waals surface area contributed by atoms with Crippen molar-refractivity contribution >= 4 is 17.8 Å². The van der Waals surface area contributed by atoms with Gasteiger partial charge in [-0.05, 0) is 26.4 Å². The summed E-state index contributed by atoms with van der Waals surface area (Å²) >= 11 is 0. The fourth-order valence-corrected chi connectivity index (χ4v) is 3.61. The number of nitrogens with zero attached hydrogens (tertiary/aromatic N) is 1. The predicted octanol–water partition coefficient (Wildman–Crippen LogP) is 6.08. The molecular weight excluding hydrogens is 432 g/mol. The summed E-state index contributed by atoms with van der Waals surface area (Å²) in [6.45, 7) is 9.81. The first-order valence-electron chi connectivity index (χ1n) is 13.7. The third kappa shape index (κ3) is 26.6. The summed E-state index contributed by atoms with van der Waals surface area (Å²) in [7, 11) is 0. The summed E-state index contributed by atoms with van der Waals surface area (Å²) in [5.74, 6) is -1.74. The molecule has 1 atom stereocenters. The van der Waals surface area contributed by atoms with Gasteiger partial charge in [0.2, 0.25) is 5.91 Å². The molecule has 202 valence electrons. The van der Waals surface area contributed by atoms with Gasteiger partial charge in [0.25, 0.3) is 0 Å². The number of carbonyl (C=O) groups excluding carboxylic acids is 2. The van der Waals surface area contributed by atoms with Crippen molar-refractivity contribution in [3.63, 3.8) is 0 Å². The fourth-order valence-electron chi connectivity index (χ4n) is 3.61. The fraction of sp³-hybridized carbons (Fsp3) is 0.889. The van der Waals surface area contributed by atoms with Gasteiger partial charge in [-0.25, -0.2) is 4.79 Å². The van der Waals surface area contributed by atoms with E-state index < -0.39 is 18.0 Å². The highest BCUT2D eigenvalue weighted by Gasteiger charge is 2.15. The van der Waals surface area contributed by atoms with E-state index in [1.165, 1.54) is 84.0 Å². The Kier molecular flexibility index (Phi) is 26.4. The van der Waals surface area contributed by atoms with Crippen LogP contribution in [0.5, 0.6) is 0 Å². The van der Waals surface area contributed by atoms with Crippen molar-refractivity contribution in [2.45, 2.75) is 137 Å². The molecule has 0 bridgehead atoms. The molecule has 1 amide bonds. The van der Waals surface area contributed by atoms with Crippen molar-refractivity contribution in [3.8, 4) is 0 Å². The largest absolute Gasteiger partial charge is 0.479 e. The summed E-state index contributed by atoms with van der Waals surface area (Å²) in [6, 6.07) is 0. The predicted molar refractivity (Wildman–Crippen MR) is 140 cm³/mol. The number of rotatable bonds is 22. The summed E-state index contributed by atoms with van der Waals surface area (Å²) in [5, 5.41) is 8.66. The Bertz CT molecular complexity index is 495. The molecule has 7 heteroatoms. The summed E-state index contributed by atoms with van der Waals surface area (Å²) in [5.41, 5.74) is 4.96. The Morgan fingerprint density at radius 1 is 0.735 bits per heavy atom. The van der Waals surface area contributed by atoms with Crippen LogP contribution in [0, 0.1) is 0 Å². The van der Waals surface area contributed by atoms with Crippen LogP contribution in [0.4, 0.5) is 0 Å². The Morgan fingerprint density at radius 2 is 1.12 bits per heavy atom. The van der Waals surface area contributed by atoms with E-state index >= 15 is 0 Å². The zero-order chi connectivity index (χ0) is 26.0. The highest BCUT2D eigenvalue weighted by molar-refractivity contribution is 5.77. The van der Waals surface area contributed by atoms with Gasteiger partial charge in [-0.2, -0.15) is 0 Å². The lowest BCUT2D eigenvalue weighted by Gasteiger charge is -2.14. The molecule has 0 aliphatic carbocycles. The Balaban J connectivity index is 0. The minimum atomic E-state index is -1.09. The van der Waals surface area contributed by atoms with Crippen LogP contribution in [0.15, 0.2) is 0 Å². The van der Waals surface area contributed by atoms with Crippen LogP contribution in [0.25, 0.3) is 0 Å². The molecule has 7 nitrogen and oxygen atoms in total. The summed E-state index contributed by atoms with van der Waals surface area (Å²) in [6.07, 6.45) is 18.6. The molecule has 0 aliphatic heterocycles. The summed E-state index contributed by atoms with van der Waals surface area (Å²) in [4.78, 5) is 34.3. The van der Waals surface area contributed by atoms with E-state index in [1.54, 1.807) is 0 Å². The normalized spacial score (nSPS) is 11.6. The quantitative estimate of drug-likeness (QED) is 0.142. The van der Waals surface area contributed by atoms with Crippen LogP contribution in [-0.2, 0) is 19.1 Å². The molecule has 3 N–H and O–H groups in total. The molecule has 0 saturated carbocycles. The van der Waals surface area contributed by atoms with E-state index in [2.05, 4.69) is 6.92 Å². The van der Waals surface area contributed by atoms with Crippen molar-refractivity contribution < 1.29 is 24.2 Å². The number of amides is 1. The van der Waals surface area contributed by atoms with E-state index in [0.29, 0.717) is 13.0 Å². The maximum absolute atomic E-state index is 11.4. The number of nitrogens with two attached hydrogens (primary N) is 1. The molecule has 0 aromatic rings. The molecule has 34 heavy (non-hydrogen) atoms. The second-order valence-corrected chi connectivity index (χ2v) is 9.10. The van der Waals surface area contributed by atoms with Gasteiger partial charge in [-0.15, -0.1) is 0 Å². The van der Waals surface area contributed by atoms with Gasteiger partial charge in [0.1, 0.15) is 0 Å². The van der Waals surface area contributed by atoms with Crippen molar-refractivity contribution in [3.05, 3.63) is 0 Å². The highest BCUT2D eigenvalue weighted by atomic mass is 16.6. The number of hydrogen-bond acceptors (Lipinski definition) is 5. The van der Waals surface area contributed by atoms with Gasteiger partial charge in [0, 0.05) is 6.42 Å². The minimum Gasteiger partial charge on any atom is -0.479 e. The third-order valence-electron chi connectivity index (χ3n) is 5.91. The van der Waals surface area contributed by atoms with E-state index in [9.17, 15) is 14.4 Å². The van der Waals surface area contributed by atoms with Crippen molar-refractivity contribution in [1.29, 1.82) is 0 Å². The lowest BCUT2D eigenvalue weighted by Crippen LogP contribution is -2.33. The maximum Gasteiger partial charge on any atom is 0.344 e. The first kappa shape index (κ1) is 34.5. The Hall–Kier alpha value is -1.63. The van der Waals surface area contributed by atoms with Crippen molar-refractivity contribution in [1.82, 2.24) is 4.90 Å². The van der Waals surface area contributed by atoms with Gasteiger partial charge < -0.3 is 15.6 Å². The molecule has 0 aromatic carbocycles. The second kappa shape index (κ2) is 26.0. The molecule has 1 unspecified atom stereocenters. The van der Waals surface area contributed by atoms with Gasteiger partial charge in [-0.3, -0.25) is 14.5 Å². The number of carboxylic acids is 1. The molecule has 0 saturated heterocycles. The SMILES string of the molecule is CCCCCCCCCCCCCCCCCC(=O)OC(C)C(=O)O.CCN(CC)CC(N)=O. The zero-order valence-corrected chi connectivity index (χ0v) is 22.6. The van der Waals surface area contributed by atoms with Gasteiger partial charge >= 0.3 is 11.9 Å². The number of ether oxygens (including phenoxy) is 1. The smallest absolute Gasteiger partial charge is 0.344 e. The lowest BCUT2D eigenvalue weighted by molar-refractivity contribution is -0.162. The molecular formula is C27H54N2O5. The molecule has 0 radical (unpaired) electrons. The van der Waals surface area contributed by atoms with Gasteiger partial charge in [-0.1, -0.05) is 111 Å². The number of esters is 1. The highest BCUT2D eigenvalue weighted by Crippen LogP contribution is 2.14. The first-order chi connectivity index (χ1) is 16.3. The minimum absolute atomic E-state index is 0.251. The van der Waals surface area contributed by atoms with Crippen molar-refractivity contribution in [2.75, 3.05) is 19.6 Å². The van der Waals surface area contributed by atoms with Crippen LogP contribution >= 0.6 is 0 Å². The van der Waals surface area contributed by atoms with Crippen LogP contribution in [-0.4, -0.2) is 53.6 Å². The number of likely N-dealkylation sites (N-methyl/N-ethyl adjacent to an activating group) is 1. The molecule has 0 fully saturated rings. The van der Waals surface area contributed by atoms with E-state index in [0.717, 1.165) is 32.4 Å². The molecule has 0 rings (SSSR count). The number of unbranched alkanes of at least 4 members (excludes halogenated alkanes) is 14. The van der Waals surface area contributed by atoms with E-state index in [1.807, 2.05) is 18.7 Å². The molecule has 0 heterocycles. The summed E-state index contributed by atoms with van der Waals surface area (Å²) < 4.78 is 4.79. The number of hydrogen-bond donors (Lipinski definition) is 2. The molecule has 0 aliphatic rings. The topological polar surface area (TPSA) is 110 Å². The number of aliphatic carboxylic acids is 1. The van der Waals surface area contributed by atoms with E-state index in [-0.39, 0.29) is 5.91 Å². The average molecular weight is 487 g/mol. The van der Waals surface area contributed by atoms with Crippen LogP contribution in [0.1, 0.15) is 130 Å². The van der Waals surface area contributed by atoms with Crippen LogP contribution < -0.4 is 5.73 Å². The monoisotopic (exact) mass is 486 g/mol. The second-order valence-electron chi connectivity index (χ2n) is 9.10. The van der Waals surface area contributed by atoms with Crippen molar-refractivity contribution in [2.24, 2.45) is 5.73 Å². The molecule has 0 aromatic heterocycles. The first-order valence-corrected chi connectivity index (χ1v) is 13.7. The number of primary amides is 1. The lowest BCUT2D eigenvalue weighted by atomic mass is 10.0. The Morgan fingerprint density at radius 3 is 1.41 bits per heavy atom. The molecule has 0 spiro atoms. The Labute approximate surface area is 209 Å². The van der Waals surface area contributed by atoms with Crippen LogP contribution in [0.2, 0.25) is 0 Å². The van der Waals surface area contributed by atoms with Crippen LogP contribution in [0.3, 0.4) is 0 Å². The van der Waals surface area contributed by atoms with E-state index in [4.69, 9.17) is 15.6 Å². The van der Waals surface area contributed by atoms with Gasteiger partial charge in [0.15, 0.2) is 6.10 Å². The zero-order valence-electron chi connectivity index (χ0n) is 22.6. The number of carboxylic acid groups (broad SMARTS) is 1. The number of carbonyl (C=O) groups is 3. The van der Waals surface area contributed by atoms with Gasteiger partial charge in [0.05, 0.1) is 6.54 Å². The standard InChI is InChI=1S/C21H40O4.C6H14N2O/c1-3-4-5-6-7-8-9-10-11-12-13-14-15-16-17-18-20(22)25-19(2)21(23)24;1-3-8(4-2)5-6(7)9/h19H,3-18H2,1-2H3,(H,23,24);3-5H2,1-2H3,(H2,7,9).